The lowest BCUT2D eigenvalue weighted by Gasteiger charge is -2.17. The minimum atomic E-state index is -0.110. The molecule has 0 aliphatic carbocycles. The lowest BCUT2D eigenvalue weighted by molar-refractivity contribution is 0.307. The van der Waals surface area contributed by atoms with Crippen LogP contribution in [0.1, 0.15) is 27.9 Å². The Kier molecular flexibility index (Phi) is 7.72. The maximum absolute atomic E-state index is 13.8. The summed E-state index contributed by atoms with van der Waals surface area (Å²) >= 11 is 1.63. The SMILES string of the molecule is Cc1nn(CCc2ccccc2)c(=O)c(/C=C/c2ccsc2)c1-c1ccccc1OCc1ccccc1. The highest BCUT2D eigenvalue weighted by molar-refractivity contribution is 7.08. The molecule has 0 unspecified atom stereocenters. The summed E-state index contributed by atoms with van der Waals surface area (Å²) in [6.07, 6.45) is 4.64. The molecule has 2 heterocycles. The largest absolute Gasteiger partial charge is 0.488 e. The number of aryl methyl sites for hydroxylation is 3. The Morgan fingerprint density at radius 1 is 0.865 bits per heavy atom. The molecule has 5 heteroatoms. The zero-order valence-corrected chi connectivity index (χ0v) is 21.5. The van der Waals surface area contributed by atoms with E-state index in [1.165, 1.54) is 5.56 Å². The number of hydrogen-bond donors (Lipinski definition) is 0. The van der Waals surface area contributed by atoms with Crippen LogP contribution in [0.5, 0.6) is 5.75 Å². The van der Waals surface area contributed by atoms with Gasteiger partial charge < -0.3 is 4.74 Å². The molecule has 0 bridgehead atoms. The second-order valence-corrected chi connectivity index (χ2v) is 9.58. The van der Waals surface area contributed by atoms with Crippen molar-refractivity contribution in [3.8, 4) is 16.9 Å². The minimum Gasteiger partial charge on any atom is -0.488 e. The third kappa shape index (κ3) is 5.96. The van der Waals surface area contributed by atoms with Gasteiger partial charge >= 0.3 is 0 Å². The second-order valence-electron chi connectivity index (χ2n) is 8.80. The highest BCUT2D eigenvalue weighted by Gasteiger charge is 2.18. The molecular weight excluding hydrogens is 476 g/mol. The van der Waals surface area contributed by atoms with Crippen LogP contribution in [0.3, 0.4) is 0 Å². The van der Waals surface area contributed by atoms with Gasteiger partial charge in [0, 0.05) is 17.7 Å². The van der Waals surface area contributed by atoms with Gasteiger partial charge in [-0.3, -0.25) is 4.79 Å². The fourth-order valence-corrected chi connectivity index (χ4v) is 4.96. The Morgan fingerprint density at radius 3 is 2.30 bits per heavy atom. The van der Waals surface area contributed by atoms with Crippen molar-refractivity contribution >= 4 is 23.5 Å². The summed E-state index contributed by atoms with van der Waals surface area (Å²) in [4.78, 5) is 13.8. The number of nitrogens with zero attached hydrogens (tertiary/aromatic N) is 2. The van der Waals surface area contributed by atoms with E-state index < -0.39 is 0 Å². The first-order valence-corrected chi connectivity index (χ1v) is 13.3. The van der Waals surface area contributed by atoms with E-state index in [-0.39, 0.29) is 5.56 Å². The number of ether oxygens (including phenoxy) is 1. The van der Waals surface area contributed by atoms with Crippen LogP contribution in [-0.2, 0) is 19.6 Å². The Bertz CT molecular complexity index is 1540. The summed E-state index contributed by atoms with van der Waals surface area (Å²) in [6.45, 7) is 2.91. The van der Waals surface area contributed by atoms with Crippen molar-refractivity contribution in [3.05, 3.63) is 140 Å². The number of para-hydroxylation sites is 1. The maximum Gasteiger partial charge on any atom is 0.274 e. The normalized spacial score (nSPS) is 11.2. The molecule has 0 spiro atoms. The molecule has 5 rings (SSSR count). The van der Waals surface area contributed by atoms with Crippen molar-refractivity contribution in [3.63, 3.8) is 0 Å². The number of hydrogen-bond acceptors (Lipinski definition) is 4. The van der Waals surface area contributed by atoms with Crippen LogP contribution in [0.2, 0.25) is 0 Å². The van der Waals surface area contributed by atoms with E-state index >= 15 is 0 Å². The van der Waals surface area contributed by atoms with Crippen LogP contribution >= 0.6 is 11.3 Å². The quantitative estimate of drug-likeness (QED) is 0.212. The molecule has 3 aromatic carbocycles. The van der Waals surface area contributed by atoms with Gasteiger partial charge in [0.2, 0.25) is 0 Å². The standard InChI is InChI=1S/C32H28N2O2S/c1-24-31(28-14-8-9-15-30(28)36-22-26-12-6-3-7-13-26)29(17-16-27-19-21-37-23-27)32(35)34(33-24)20-18-25-10-4-2-5-11-25/h2-17,19,21,23H,18,20,22H2,1H3/b17-16+. The third-order valence-electron chi connectivity index (χ3n) is 6.20. The van der Waals surface area contributed by atoms with E-state index in [2.05, 4.69) is 17.5 Å². The minimum absolute atomic E-state index is 0.110. The smallest absolute Gasteiger partial charge is 0.274 e. The number of thiophene rings is 1. The first-order chi connectivity index (χ1) is 18.2. The predicted octanol–water partition coefficient (Wildman–Crippen LogP) is 7.27. The summed E-state index contributed by atoms with van der Waals surface area (Å²) < 4.78 is 7.84. The molecular formula is C32H28N2O2S. The highest BCUT2D eigenvalue weighted by Crippen LogP contribution is 2.34. The molecule has 5 aromatic rings. The van der Waals surface area contributed by atoms with Crippen LogP contribution < -0.4 is 10.3 Å². The Labute approximate surface area is 221 Å². The lowest BCUT2D eigenvalue weighted by atomic mass is 9.98. The molecule has 0 aliphatic heterocycles. The van der Waals surface area contributed by atoms with Crippen LogP contribution in [-0.4, -0.2) is 9.78 Å². The molecule has 0 N–H and O–H groups in total. The topological polar surface area (TPSA) is 44.1 Å². The molecule has 0 saturated heterocycles. The monoisotopic (exact) mass is 504 g/mol. The second kappa shape index (κ2) is 11.7. The molecule has 0 fully saturated rings. The fraction of sp³-hybridized carbons (Fsp3) is 0.125. The number of benzene rings is 3. The van der Waals surface area contributed by atoms with Crippen molar-refractivity contribution in [1.29, 1.82) is 0 Å². The lowest BCUT2D eigenvalue weighted by Crippen LogP contribution is -2.27. The molecule has 184 valence electrons. The Balaban J connectivity index is 1.55. The average Bonchev–Trinajstić information content (AvgIpc) is 3.46. The maximum atomic E-state index is 13.8. The number of aromatic nitrogens is 2. The molecule has 0 aliphatic rings. The van der Waals surface area contributed by atoms with Gasteiger partial charge in [-0.15, -0.1) is 0 Å². The van der Waals surface area contributed by atoms with E-state index in [1.807, 2.05) is 103 Å². The van der Waals surface area contributed by atoms with Gasteiger partial charge in [-0.1, -0.05) is 84.9 Å². The molecule has 0 radical (unpaired) electrons. The Hall–Kier alpha value is -4.22. The zero-order chi connectivity index (χ0) is 25.5. The van der Waals surface area contributed by atoms with Gasteiger partial charge in [-0.25, -0.2) is 4.68 Å². The van der Waals surface area contributed by atoms with E-state index in [1.54, 1.807) is 16.0 Å². The van der Waals surface area contributed by atoms with E-state index in [4.69, 9.17) is 9.84 Å². The molecule has 4 nitrogen and oxygen atoms in total. The van der Waals surface area contributed by atoms with E-state index in [9.17, 15) is 4.79 Å². The molecule has 37 heavy (non-hydrogen) atoms. The van der Waals surface area contributed by atoms with Crippen molar-refractivity contribution in [2.24, 2.45) is 0 Å². The fourth-order valence-electron chi connectivity index (χ4n) is 4.33. The van der Waals surface area contributed by atoms with Crippen molar-refractivity contribution in [1.82, 2.24) is 9.78 Å². The average molecular weight is 505 g/mol. The van der Waals surface area contributed by atoms with Crippen LogP contribution in [0.4, 0.5) is 0 Å². The third-order valence-corrected chi connectivity index (χ3v) is 6.90. The molecule has 0 amide bonds. The van der Waals surface area contributed by atoms with Crippen LogP contribution in [0, 0.1) is 6.92 Å². The summed E-state index contributed by atoms with van der Waals surface area (Å²) in [5, 5.41) is 8.84. The van der Waals surface area contributed by atoms with Gasteiger partial charge in [-0.05, 0) is 59.0 Å². The molecule has 0 saturated carbocycles. The van der Waals surface area contributed by atoms with Crippen molar-refractivity contribution in [2.45, 2.75) is 26.5 Å². The molecule has 0 atom stereocenters. The Morgan fingerprint density at radius 2 is 1.57 bits per heavy atom. The predicted molar refractivity (Wildman–Crippen MR) is 153 cm³/mol. The summed E-state index contributed by atoms with van der Waals surface area (Å²) in [5.41, 5.74) is 6.27. The summed E-state index contributed by atoms with van der Waals surface area (Å²) in [6, 6.07) is 30.2. The highest BCUT2D eigenvalue weighted by atomic mass is 32.1. The van der Waals surface area contributed by atoms with Crippen LogP contribution in [0.15, 0.2) is 107 Å². The van der Waals surface area contributed by atoms with Gasteiger partial charge in [0.25, 0.3) is 5.56 Å². The molecule has 2 aromatic heterocycles. The summed E-state index contributed by atoms with van der Waals surface area (Å²) in [5.74, 6) is 0.725. The van der Waals surface area contributed by atoms with E-state index in [0.29, 0.717) is 18.7 Å². The van der Waals surface area contributed by atoms with Gasteiger partial charge in [0.05, 0.1) is 11.3 Å². The van der Waals surface area contributed by atoms with Crippen LogP contribution in [0.25, 0.3) is 23.3 Å². The number of rotatable bonds is 9. The first kappa shape index (κ1) is 24.5. The van der Waals surface area contributed by atoms with Gasteiger partial charge in [0.1, 0.15) is 12.4 Å². The summed E-state index contributed by atoms with van der Waals surface area (Å²) in [7, 11) is 0. The van der Waals surface area contributed by atoms with E-state index in [0.717, 1.165) is 40.1 Å². The van der Waals surface area contributed by atoms with Crippen molar-refractivity contribution < 1.29 is 4.74 Å². The van der Waals surface area contributed by atoms with Gasteiger partial charge in [-0.2, -0.15) is 16.4 Å². The first-order valence-electron chi connectivity index (χ1n) is 12.3. The van der Waals surface area contributed by atoms with Crippen molar-refractivity contribution in [2.75, 3.05) is 0 Å². The zero-order valence-electron chi connectivity index (χ0n) is 20.7. The van der Waals surface area contributed by atoms with Gasteiger partial charge in [0.15, 0.2) is 0 Å².